The van der Waals surface area contributed by atoms with Crippen molar-refractivity contribution in [3.05, 3.63) is 93.3 Å². The van der Waals surface area contributed by atoms with E-state index in [1.807, 2.05) is 52.9 Å². The van der Waals surface area contributed by atoms with Gasteiger partial charge in [-0.2, -0.15) is 5.26 Å². The molecule has 0 bridgehead atoms. The predicted molar refractivity (Wildman–Crippen MR) is 484 cm³/mol. The number of H-pyrrole nitrogens is 1. The van der Waals surface area contributed by atoms with Crippen molar-refractivity contribution in [2.24, 2.45) is 17.8 Å². The van der Waals surface area contributed by atoms with Crippen molar-refractivity contribution in [3.8, 4) is 17.5 Å². The fourth-order valence-electron chi connectivity index (χ4n) is 14.1. The standard InChI is InChI=1S/C23H32N6.C15H23N5.C15H24N4O.C8H12N2.C4H4O3.2CH4.B22/c1-15-12-16(2)21-20(13-15)27-22(28-21)19-14-25-23(26-17(19)3)24-9-5-6-18-7-10-29(4)11-8-18;1-12-14(10-16)11-18-15(19-12)17-7-3-4-13-5-8-20(2)9-6-13;1-12-14(11-20)10-17-15(18-12)16-7-3-4-13-5-8-19(2)9-6-13;1-5-3-6(2)8(10)7(9)4-5;5-3-1-2-4(6)7-3;;;1-13(2)19(14(3)4)22(20(15(5)6)16(7)8)21(17(9)10)18(11)12/h12-14,18H,5-11H2,1-4H3,(H,27,28)(H,24,25,26);11,13H,3-9H2,1-2H3,(H,17,18,19);10-11,13H,3-9H2,1-2H3,(H,16,17,18);3-4H,9-10H2,1-2H3;1-2H2;2*1H4;. The number of aromatic amines is 1. The molecule has 8 heterocycles. The Balaban J connectivity index is 0.000000355. The smallest absolute Gasteiger partial charge is 0.314 e. The van der Waals surface area contributed by atoms with Crippen molar-refractivity contribution in [1.29, 1.82) is 5.26 Å². The quantitative estimate of drug-likeness (QED) is 0.0114. The van der Waals surface area contributed by atoms with Crippen molar-refractivity contribution in [1.82, 2.24) is 54.6 Å². The number of carbonyl (C=O) groups excluding carboxylic acids is 3. The minimum absolute atomic E-state index is 0. The second-order valence-electron chi connectivity index (χ2n) is 29.6. The van der Waals surface area contributed by atoms with E-state index in [9.17, 15) is 14.4 Å². The maximum atomic E-state index is 10.7. The molecule has 24 radical (unpaired) electrons. The molecule has 4 saturated heterocycles. The average Bonchev–Trinajstić information content (AvgIpc) is 1.40. The van der Waals surface area contributed by atoms with Gasteiger partial charge in [0, 0.05) is 189 Å². The lowest BCUT2D eigenvalue weighted by Gasteiger charge is -2.45. The van der Waals surface area contributed by atoms with Crippen molar-refractivity contribution >= 4 is 215 Å². The van der Waals surface area contributed by atoms with Gasteiger partial charge < -0.3 is 51.8 Å². The van der Waals surface area contributed by atoms with E-state index in [1.165, 1.54) is 115 Å². The molecule has 110 heavy (non-hydrogen) atoms. The number of aryl methyl sites for hydroxylation is 7. The molecule has 43 heteroatoms. The Morgan fingerprint density at radius 3 is 1.25 bits per heavy atom. The largest absolute Gasteiger partial charge is 0.397 e. The van der Waals surface area contributed by atoms with E-state index in [4.69, 9.17) is 115 Å². The predicted octanol–water partition coefficient (Wildman–Crippen LogP) is 3.01. The molecule has 546 valence electrons. The summed E-state index contributed by atoms with van der Waals surface area (Å²) in [7, 11) is 76.3. The van der Waals surface area contributed by atoms with Gasteiger partial charge in [0.1, 0.15) is 11.9 Å². The number of ether oxygens (including phenoxy) is 1. The number of nitriles is 1. The molecule has 0 aliphatic carbocycles. The van der Waals surface area contributed by atoms with Crippen LogP contribution in [0, 0.1) is 77.6 Å². The molecule has 0 saturated carbocycles. The Labute approximate surface area is 679 Å². The van der Waals surface area contributed by atoms with E-state index in [2.05, 4.69) is 123 Å². The van der Waals surface area contributed by atoms with Gasteiger partial charge in [-0.1, -0.05) is 27.0 Å². The molecular formula is C67H103B22N17O4. The number of hydrogen-bond donors (Lipinski definition) is 6. The molecule has 4 fully saturated rings. The maximum absolute atomic E-state index is 10.7. The Morgan fingerprint density at radius 2 is 0.900 bits per heavy atom. The van der Waals surface area contributed by atoms with E-state index < -0.39 is 75.8 Å². The van der Waals surface area contributed by atoms with Crippen LogP contribution in [0.1, 0.15) is 160 Å². The summed E-state index contributed by atoms with van der Waals surface area (Å²) in [6.45, 7) is 24.0. The van der Waals surface area contributed by atoms with E-state index in [-0.39, 0.29) is 27.7 Å². The number of nitrogens with two attached hydrogens (primary N) is 2. The zero-order valence-electron chi connectivity index (χ0n) is 65.5. The number of aromatic nitrogens is 8. The third-order valence-electron chi connectivity index (χ3n) is 20.5. The van der Waals surface area contributed by atoms with E-state index >= 15 is 0 Å². The zero-order chi connectivity index (χ0) is 79.9. The first kappa shape index (κ1) is 98.0. The van der Waals surface area contributed by atoms with Gasteiger partial charge in [0.25, 0.3) is 0 Å². The molecule has 4 aliphatic heterocycles. The number of likely N-dealkylation sites (tertiary alicyclic amines) is 3. The lowest BCUT2D eigenvalue weighted by molar-refractivity contribution is -0.152. The Bertz CT molecular complexity index is 3690. The van der Waals surface area contributed by atoms with Crippen LogP contribution in [-0.4, -0.2) is 310 Å². The number of fused-ring (bicyclic) bond motifs is 1. The van der Waals surface area contributed by atoms with Crippen LogP contribution in [0.4, 0.5) is 29.2 Å². The van der Waals surface area contributed by atoms with Crippen LogP contribution in [0.25, 0.3) is 22.4 Å². The molecule has 0 spiro atoms. The van der Waals surface area contributed by atoms with E-state index in [1.54, 1.807) is 12.4 Å². The minimum atomic E-state index is -0.926. The van der Waals surface area contributed by atoms with E-state index in [0.29, 0.717) is 40.3 Å². The number of rotatable bonds is 26. The van der Waals surface area contributed by atoms with Crippen LogP contribution in [0.5, 0.6) is 0 Å². The number of nitrogens with zero attached hydrogens (tertiary/aromatic N) is 11. The Hall–Kier alpha value is -6.24. The molecular weight excluding hydrogens is 1340 g/mol. The third kappa shape index (κ3) is 33.1. The van der Waals surface area contributed by atoms with Gasteiger partial charge in [-0.05, 0) is 238 Å². The first-order chi connectivity index (χ1) is 51.2. The maximum Gasteiger partial charge on any atom is 0.314 e. The number of esters is 2. The lowest BCUT2D eigenvalue weighted by Crippen LogP contribution is -2.83. The second-order valence-corrected chi connectivity index (χ2v) is 29.6. The van der Waals surface area contributed by atoms with Crippen LogP contribution in [0.2, 0.25) is 0 Å². The second kappa shape index (κ2) is 50.1. The summed E-state index contributed by atoms with van der Waals surface area (Å²) in [6, 6.07) is 10.3. The highest BCUT2D eigenvalue weighted by Gasteiger charge is 2.47. The highest BCUT2D eigenvalue weighted by atomic mass is 16.6. The van der Waals surface area contributed by atoms with Crippen LogP contribution < -0.4 is 27.4 Å². The number of anilines is 5. The summed E-state index contributed by atoms with van der Waals surface area (Å²) in [5, 5.41) is 18.7. The van der Waals surface area contributed by atoms with Gasteiger partial charge in [-0.15, -0.1) is 0 Å². The summed E-state index contributed by atoms with van der Waals surface area (Å²) in [5.41, 5.74) is 23.8. The fourth-order valence-corrected chi connectivity index (χ4v) is 14.1. The van der Waals surface area contributed by atoms with Gasteiger partial charge in [-0.25, -0.2) is 34.9 Å². The van der Waals surface area contributed by atoms with Gasteiger partial charge in [0.2, 0.25) is 17.8 Å². The molecule has 4 aliphatic rings. The highest BCUT2D eigenvalue weighted by Crippen LogP contribution is 2.28. The monoisotopic (exact) mass is 1450 g/mol. The normalized spacial score (nSPS) is 14.4. The lowest BCUT2D eigenvalue weighted by atomic mass is 8.36. The summed E-state index contributed by atoms with van der Waals surface area (Å²) in [4.78, 5) is 72.2. The molecule has 0 atom stereocenters. The third-order valence-corrected chi connectivity index (χ3v) is 20.5. The van der Waals surface area contributed by atoms with Crippen LogP contribution in [-0.2, 0) is 14.3 Å². The molecule has 0 amide bonds. The summed E-state index contributed by atoms with van der Waals surface area (Å²) in [6.07, 6.45) is 13.3. The number of nitrogen functional groups attached to an aromatic ring is 2. The molecule has 21 nitrogen and oxygen atoms in total. The number of aldehydes is 1. The number of nitrogens with one attached hydrogen (secondary N) is 4. The molecule has 2 aromatic carbocycles. The first-order valence-electron chi connectivity index (χ1n) is 37.7. The number of piperidine rings is 3. The van der Waals surface area contributed by atoms with Crippen LogP contribution >= 0.6 is 0 Å². The van der Waals surface area contributed by atoms with Crippen molar-refractivity contribution in [3.63, 3.8) is 0 Å². The number of hydrogen-bond acceptors (Lipinski definition) is 20. The van der Waals surface area contributed by atoms with Gasteiger partial charge in [0.15, 0.2) is 6.29 Å². The Morgan fingerprint density at radius 1 is 0.527 bits per heavy atom. The Kier molecular flexibility index (Phi) is 44.6. The average molecular weight is 1450 g/mol. The molecule has 10 rings (SSSR count). The topological polar surface area (TPSA) is 288 Å². The number of imidazole rings is 1. The van der Waals surface area contributed by atoms with Crippen LogP contribution in [0.15, 0.2) is 42.9 Å². The summed E-state index contributed by atoms with van der Waals surface area (Å²) >= 11 is 0. The fraction of sp³-hybridized carbons (Fsp3) is 0.567. The van der Waals surface area contributed by atoms with Crippen molar-refractivity contribution in [2.75, 3.05) is 107 Å². The number of benzene rings is 2. The zero-order valence-corrected chi connectivity index (χ0v) is 65.5. The summed E-state index contributed by atoms with van der Waals surface area (Å²) < 4.78 is 4.08. The first-order valence-corrected chi connectivity index (χ1v) is 37.7. The molecule has 0 unspecified atom stereocenters. The molecule has 6 aromatic rings. The minimum Gasteiger partial charge on any atom is -0.397 e. The van der Waals surface area contributed by atoms with Gasteiger partial charge in [0.05, 0.1) is 75.2 Å². The summed E-state index contributed by atoms with van der Waals surface area (Å²) in [5.74, 6) is 4.61. The highest BCUT2D eigenvalue weighted by molar-refractivity contribution is 8.22. The number of carbonyl (C=O) groups is 3. The van der Waals surface area contributed by atoms with E-state index in [0.717, 1.165) is 107 Å². The van der Waals surface area contributed by atoms with Crippen LogP contribution in [0.3, 0.4) is 0 Å². The SMILES string of the molecule is C.C.Cc1cc(C)c(N)c(N)c1.Cc1cc(C)c2nc(-c3cnc(NCCCC4CCN(C)CC4)nc3C)[nH]c2c1.Cc1nc(NCCCC2CCN(C)CC2)ncc1C#N.Cc1nc(NCCCC2CCN(C)CC2)ncc1C=O.O=C1CCC(=O)O1.[B]B([B])B(B([B])[B])B(B(B([B])[B])B([B])[B])B(B([B])[B])B([B])[B]. The van der Waals surface area contributed by atoms with Gasteiger partial charge in [-0.3, -0.25) is 14.4 Å². The molecule has 4 aromatic heterocycles. The van der Waals surface area contributed by atoms with Crippen molar-refractivity contribution < 1.29 is 19.1 Å². The number of cyclic esters (lactones) is 2. The molecule has 8 N–H and O–H groups in total. The van der Waals surface area contributed by atoms with Gasteiger partial charge >= 0.3 is 11.9 Å². The van der Waals surface area contributed by atoms with Crippen molar-refractivity contribution in [2.45, 2.75) is 153 Å².